The number of benzene rings is 1. The molecule has 1 rings (SSSR count). The lowest BCUT2D eigenvalue weighted by molar-refractivity contribution is 0.229. The Kier molecular flexibility index (Phi) is 5.83. The van der Waals surface area contributed by atoms with Crippen LogP contribution in [0.5, 0.6) is 11.5 Å². The van der Waals surface area contributed by atoms with Gasteiger partial charge < -0.3 is 9.47 Å². The molecule has 0 saturated heterocycles. The van der Waals surface area contributed by atoms with Gasteiger partial charge in [-0.2, -0.15) is 0 Å². The van der Waals surface area contributed by atoms with Crippen LogP contribution >= 0.6 is 15.9 Å². The average Bonchev–Trinajstić information content (AvgIpc) is 2.24. The number of hydrogen-bond acceptors (Lipinski definition) is 2. The normalized spacial score (nSPS) is 11.0. The smallest absolute Gasteiger partial charge is 0.162 e. The standard InChI is InChI=1S/C14H21BrO2/c1-10(2)8-16-13-6-5-12(15)7-14(13)17-9-11(3)4/h5-7,10-11H,8-9H2,1-4H3. The molecule has 0 saturated carbocycles. The summed E-state index contributed by atoms with van der Waals surface area (Å²) >= 11 is 3.45. The van der Waals surface area contributed by atoms with Crippen LogP contribution in [-0.2, 0) is 0 Å². The van der Waals surface area contributed by atoms with Crippen molar-refractivity contribution >= 4 is 15.9 Å². The zero-order chi connectivity index (χ0) is 12.8. The van der Waals surface area contributed by atoms with E-state index in [9.17, 15) is 0 Å². The van der Waals surface area contributed by atoms with Gasteiger partial charge in [-0.15, -0.1) is 0 Å². The van der Waals surface area contributed by atoms with Crippen LogP contribution in [0.3, 0.4) is 0 Å². The Balaban J connectivity index is 2.72. The molecule has 0 spiro atoms. The third kappa shape index (κ3) is 5.44. The second kappa shape index (κ2) is 6.90. The van der Waals surface area contributed by atoms with Crippen molar-refractivity contribution < 1.29 is 9.47 Å². The van der Waals surface area contributed by atoms with Crippen LogP contribution in [-0.4, -0.2) is 13.2 Å². The Hall–Kier alpha value is -0.700. The van der Waals surface area contributed by atoms with Gasteiger partial charge in [0.1, 0.15) is 0 Å². The van der Waals surface area contributed by atoms with E-state index in [1.807, 2.05) is 18.2 Å². The SMILES string of the molecule is CC(C)COc1ccc(Br)cc1OCC(C)C. The third-order valence-corrected chi connectivity index (χ3v) is 2.54. The zero-order valence-corrected chi connectivity index (χ0v) is 12.6. The second-order valence-corrected chi connectivity index (χ2v) is 5.92. The van der Waals surface area contributed by atoms with Crippen LogP contribution in [0, 0.1) is 11.8 Å². The van der Waals surface area contributed by atoms with Crippen LogP contribution in [0.4, 0.5) is 0 Å². The Morgan fingerprint density at radius 2 is 1.47 bits per heavy atom. The van der Waals surface area contributed by atoms with E-state index in [0.29, 0.717) is 25.0 Å². The van der Waals surface area contributed by atoms with Crippen LogP contribution < -0.4 is 9.47 Å². The predicted molar refractivity (Wildman–Crippen MR) is 74.8 cm³/mol. The Labute approximate surface area is 112 Å². The molecular weight excluding hydrogens is 280 g/mol. The van der Waals surface area contributed by atoms with Crippen molar-refractivity contribution in [2.24, 2.45) is 11.8 Å². The molecule has 0 amide bonds. The molecule has 0 radical (unpaired) electrons. The van der Waals surface area contributed by atoms with Crippen molar-refractivity contribution in [2.75, 3.05) is 13.2 Å². The fourth-order valence-electron chi connectivity index (χ4n) is 1.23. The highest BCUT2D eigenvalue weighted by Gasteiger charge is 2.08. The number of ether oxygens (including phenoxy) is 2. The summed E-state index contributed by atoms with van der Waals surface area (Å²) in [5.41, 5.74) is 0. The highest BCUT2D eigenvalue weighted by atomic mass is 79.9. The maximum absolute atomic E-state index is 5.76. The maximum Gasteiger partial charge on any atom is 0.162 e. The molecule has 17 heavy (non-hydrogen) atoms. The van der Waals surface area contributed by atoms with Gasteiger partial charge in [0.05, 0.1) is 13.2 Å². The largest absolute Gasteiger partial charge is 0.489 e. The Bertz CT molecular complexity index is 348. The van der Waals surface area contributed by atoms with E-state index >= 15 is 0 Å². The summed E-state index contributed by atoms with van der Waals surface area (Å²) in [5, 5.41) is 0. The minimum atomic E-state index is 0.506. The molecule has 1 aromatic carbocycles. The zero-order valence-electron chi connectivity index (χ0n) is 11.0. The molecule has 0 fully saturated rings. The van der Waals surface area contributed by atoms with Gasteiger partial charge in [-0.05, 0) is 30.0 Å². The first-order valence-electron chi connectivity index (χ1n) is 6.04. The highest BCUT2D eigenvalue weighted by Crippen LogP contribution is 2.31. The molecule has 0 atom stereocenters. The summed E-state index contributed by atoms with van der Waals surface area (Å²) in [6.45, 7) is 9.94. The van der Waals surface area contributed by atoms with Gasteiger partial charge in [0.2, 0.25) is 0 Å². The van der Waals surface area contributed by atoms with Crippen LogP contribution in [0.15, 0.2) is 22.7 Å². The number of hydrogen-bond donors (Lipinski definition) is 0. The first-order chi connectivity index (χ1) is 7.99. The molecule has 3 heteroatoms. The minimum absolute atomic E-state index is 0.506. The monoisotopic (exact) mass is 300 g/mol. The fourth-order valence-corrected chi connectivity index (χ4v) is 1.57. The molecule has 0 bridgehead atoms. The van der Waals surface area contributed by atoms with Crippen molar-refractivity contribution in [1.29, 1.82) is 0 Å². The molecular formula is C14H21BrO2. The molecule has 0 aliphatic rings. The highest BCUT2D eigenvalue weighted by molar-refractivity contribution is 9.10. The Morgan fingerprint density at radius 3 is 2.00 bits per heavy atom. The van der Waals surface area contributed by atoms with Crippen molar-refractivity contribution in [3.63, 3.8) is 0 Å². The van der Waals surface area contributed by atoms with Gasteiger partial charge in [0.25, 0.3) is 0 Å². The van der Waals surface area contributed by atoms with Crippen molar-refractivity contribution in [1.82, 2.24) is 0 Å². The first-order valence-corrected chi connectivity index (χ1v) is 6.83. The molecule has 0 unspecified atom stereocenters. The average molecular weight is 301 g/mol. The van der Waals surface area contributed by atoms with E-state index in [1.165, 1.54) is 0 Å². The molecule has 96 valence electrons. The van der Waals surface area contributed by atoms with E-state index in [2.05, 4.69) is 43.6 Å². The van der Waals surface area contributed by atoms with E-state index in [0.717, 1.165) is 16.0 Å². The molecule has 0 aliphatic carbocycles. The van der Waals surface area contributed by atoms with Crippen LogP contribution in [0.25, 0.3) is 0 Å². The molecule has 0 heterocycles. The summed E-state index contributed by atoms with van der Waals surface area (Å²) in [6, 6.07) is 5.87. The van der Waals surface area contributed by atoms with E-state index in [-0.39, 0.29) is 0 Å². The maximum atomic E-state index is 5.76. The van der Waals surface area contributed by atoms with Gasteiger partial charge >= 0.3 is 0 Å². The quantitative estimate of drug-likeness (QED) is 0.769. The summed E-state index contributed by atoms with van der Waals surface area (Å²) in [4.78, 5) is 0. The van der Waals surface area contributed by atoms with Crippen LogP contribution in [0.1, 0.15) is 27.7 Å². The predicted octanol–water partition coefficient (Wildman–Crippen LogP) is 4.52. The second-order valence-electron chi connectivity index (χ2n) is 5.00. The lowest BCUT2D eigenvalue weighted by atomic mass is 10.2. The van der Waals surface area contributed by atoms with Gasteiger partial charge in [-0.25, -0.2) is 0 Å². The van der Waals surface area contributed by atoms with Crippen molar-refractivity contribution in [3.8, 4) is 11.5 Å². The Morgan fingerprint density at radius 1 is 0.941 bits per heavy atom. The lowest BCUT2D eigenvalue weighted by Crippen LogP contribution is -2.08. The molecule has 1 aromatic rings. The minimum Gasteiger partial charge on any atom is -0.489 e. The van der Waals surface area contributed by atoms with Gasteiger partial charge in [-0.3, -0.25) is 0 Å². The molecule has 0 N–H and O–H groups in total. The summed E-state index contributed by atoms with van der Waals surface area (Å²) in [6.07, 6.45) is 0. The van der Waals surface area contributed by atoms with Gasteiger partial charge in [0.15, 0.2) is 11.5 Å². The number of halogens is 1. The number of rotatable bonds is 6. The first kappa shape index (κ1) is 14.4. The van der Waals surface area contributed by atoms with Crippen molar-refractivity contribution in [2.45, 2.75) is 27.7 Å². The van der Waals surface area contributed by atoms with Crippen LogP contribution in [0.2, 0.25) is 0 Å². The lowest BCUT2D eigenvalue weighted by Gasteiger charge is -2.15. The molecule has 0 aliphatic heterocycles. The third-order valence-electron chi connectivity index (χ3n) is 2.05. The topological polar surface area (TPSA) is 18.5 Å². The van der Waals surface area contributed by atoms with E-state index in [4.69, 9.17) is 9.47 Å². The summed E-state index contributed by atoms with van der Waals surface area (Å²) < 4.78 is 12.5. The molecule has 0 aromatic heterocycles. The van der Waals surface area contributed by atoms with Gasteiger partial charge in [0, 0.05) is 4.47 Å². The summed E-state index contributed by atoms with van der Waals surface area (Å²) in [7, 11) is 0. The van der Waals surface area contributed by atoms with Crippen molar-refractivity contribution in [3.05, 3.63) is 22.7 Å². The fraction of sp³-hybridized carbons (Fsp3) is 0.571. The van der Waals surface area contributed by atoms with E-state index < -0.39 is 0 Å². The molecule has 2 nitrogen and oxygen atoms in total. The summed E-state index contributed by atoms with van der Waals surface area (Å²) in [5.74, 6) is 2.65. The van der Waals surface area contributed by atoms with E-state index in [1.54, 1.807) is 0 Å². The van der Waals surface area contributed by atoms with Gasteiger partial charge in [-0.1, -0.05) is 43.6 Å².